The van der Waals surface area contributed by atoms with Crippen LogP contribution in [0.15, 0.2) is 24.3 Å². The van der Waals surface area contributed by atoms with E-state index in [0.29, 0.717) is 0 Å². The number of aliphatic hydroxyl groups excluding tert-OH is 2. The first-order valence-corrected chi connectivity index (χ1v) is 4.35. The second kappa shape index (κ2) is 16.8. The van der Waals surface area contributed by atoms with Crippen LogP contribution in [0.3, 0.4) is 0 Å². The van der Waals surface area contributed by atoms with Crippen LogP contribution in [0.2, 0.25) is 0 Å². The molecule has 0 aliphatic carbocycles. The summed E-state index contributed by atoms with van der Waals surface area (Å²) < 4.78 is 0. The molecule has 0 aliphatic rings. The van der Waals surface area contributed by atoms with E-state index >= 15 is 0 Å². The van der Waals surface area contributed by atoms with Gasteiger partial charge in [-0.1, -0.05) is 38.2 Å². The average Bonchev–Trinajstić information content (AvgIpc) is 2.12. The zero-order valence-corrected chi connectivity index (χ0v) is 8.03. The van der Waals surface area contributed by atoms with E-state index in [1.54, 1.807) is 12.2 Å². The van der Waals surface area contributed by atoms with Crippen LogP contribution < -0.4 is 0 Å². The predicted octanol–water partition coefficient (Wildman–Crippen LogP) is 1.89. The van der Waals surface area contributed by atoms with Gasteiger partial charge in [0.2, 0.25) is 0 Å². The molecule has 0 fully saturated rings. The second-order valence-electron chi connectivity index (χ2n) is 2.12. The Balaban J connectivity index is 0. The van der Waals surface area contributed by atoms with E-state index in [-0.39, 0.29) is 13.2 Å². The lowest BCUT2D eigenvalue weighted by Gasteiger charge is -1.72. The molecule has 0 saturated heterocycles. The number of hydrogen-bond donors (Lipinski definition) is 2. The van der Waals surface area contributed by atoms with Crippen molar-refractivity contribution in [2.24, 2.45) is 0 Å². The molecule has 0 amide bonds. The van der Waals surface area contributed by atoms with Crippen molar-refractivity contribution in [3.63, 3.8) is 0 Å². The molecule has 2 nitrogen and oxygen atoms in total. The van der Waals surface area contributed by atoms with E-state index in [4.69, 9.17) is 10.2 Å². The summed E-state index contributed by atoms with van der Waals surface area (Å²) in [6.45, 7) is 4.42. The zero-order valence-electron chi connectivity index (χ0n) is 8.03. The monoisotopic (exact) mass is 172 g/mol. The normalized spacial score (nSPS) is 10.3. The molecule has 0 radical (unpaired) electrons. The lowest BCUT2D eigenvalue weighted by Crippen LogP contribution is -1.67. The molecule has 12 heavy (non-hydrogen) atoms. The van der Waals surface area contributed by atoms with Gasteiger partial charge in [0, 0.05) is 0 Å². The molecule has 0 spiro atoms. The summed E-state index contributed by atoms with van der Waals surface area (Å²) in [6.07, 6.45) is 9.36. The maximum atomic E-state index is 8.11. The standard InChI is InChI=1S/2C5H10O/c2*1-2-3-4-5-6/h2*3-4,6H,2,5H2,1H3. The van der Waals surface area contributed by atoms with Gasteiger partial charge >= 0.3 is 0 Å². The van der Waals surface area contributed by atoms with Crippen LogP contribution in [-0.4, -0.2) is 23.4 Å². The maximum absolute atomic E-state index is 8.11. The molecule has 2 N–H and O–H groups in total. The van der Waals surface area contributed by atoms with Crippen LogP contribution in [0.4, 0.5) is 0 Å². The fraction of sp³-hybridized carbons (Fsp3) is 0.600. The van der Waals surface area contributed by atoms with Gasteiger partial charge in [0.15, 0.2) is 0 Å². The van der Waals surface area contributed by atoms with E-state index < -0.39 is 0 Å². The highest BCUT2D eigenvalue weighted by atomic mass is 16.3. The minimum atomic E-state index is 0.174. The Bertz CT molecular complexity index is 80.4. The van der Waals surface area contributed by atoms with Crippen molar-refractivity contribution in [1.82, 2.24) is 0 Å². The number of allylic oxidation sites excluding steroid dienone is 2. The van der Waals surface area contributed by atoms with Crippen molar-refractivity contribution in [3.05, 3.63) is 24.3 Å². The van der Waals surface area contributed by atoms with Gasteiger partial charge in [-0.15, -0.1) is 0 Å². The van der Waals surface area contributed by atoms with Gasteiger partial charge in [0.1, 0.15) is 0 Å². The molecule has 0 saturated carbocycles. The lowest BCUT2D eigenvalue weighted by molar-refractivity contribution is 0.342. The fourth-order valence-electron chi connectivity index (χ4n) is 0.482. The summed E-state index contributed by atoms with van der Waals surface area (Å²) in [6, 6.07) is 0. The molecule has 72 valence electrons. The highest BCUT2D eigenvalue weighted by Gasteiger charge is 1.61. The lowest BCUT2D eigenvalue weighted by atomic mass is 10.4. The van der Waals surface area contributed by atoms with Crippen molar-refractivity contribution < 1.29 is 10.2 Å². The Morgan fingerprint density at radius 2 is 1.08 bits per heavy atom. The van der Waals surface area contributed by atoms with Crippen LogP contribution in [-0.2, 0) is 0 Å². The van der Waals surface area contributed by atoms with E-state index in [0.717, 1.165) is 12.8 Å². The highest BCUT2D eigenvalue weighted by molar-refractivity contribution is 4.78. The van der Waals surface area contributed by atoms with E-state index in [1.807, 2.05) is 26.0 Å². The Labute approximate surface area is 75.2 Å². The summed E-state index contributed by atoms with van der Waals surface area (Å²) in [4.78, 5) is 0. The molecule has 0 aromatic rings. The molecular weight excluding hydrogens is 152 g/mol. The molecule has 2 heteroatoms. The van der Waals surface area contributed by atoms with Crippen molar-refractivity contribution in [1.29, 1.82) is 0 Å². The topological polar surface area (TPSA) is 40.5 Å². The van der Waals surface area contributed by atoms with Gasteiger partial charge in [0.05, 0.1) is 13.2 Å². The molecular formula is C10H20O2. The summed E-state index contributed by atoms with van der Waals surface area (Å²) in [7, 11) is 0. The van der Waals surface area contributed by atoms with E-state index in [9.17, 15) is 0 Å². The molecule has 0 heterocycles. The first-order valence-electron chi connectivity index (χ1n) is 4.35. The summed E-state index contributed by atoms with van der Waals surface area (Å²) >= 11 is 0. The van der Waals surface area contributed by atoms with Crippen LogP contribution in [0, 0.1) is 0 Å². The third-order valence-corrected chi connectivity index (χ3v) is 1.02. The van der Waals surface area contributed by atoms with Gasteiger partial charge < -0.3 is 10.2 Å². The number of aliphatic hydroxyl groups is 2. The SMILES string of the molecule is CCC=CCO.CCC=CCO. The Hall–Kier alpha value is -0.600. The van der Waals surface area contributed by atoms with E-state index in [2.05, 4.69) is 0 Å². The molecule has 0 unspecified atom stereocenters. The Morgan fingerprint density at radius 1 is 0.750 bits per heavy atom. The maximum Gasteiger partial charge on any atom is 0.0612 e. The quantitative estimate of drug-likeness (QED) is 0.636. The molecule has 0 aromatic carbocycles. The minimum absolute atomic E-state index is 0.174. The van der Waals surface area contributed by atoms with Gasteiger partial charge in [-0.25, -0.2) is 0 Å². The van der Waals surface area contributed by atoms with Crippen LogP contribution in [0.25, 0.3) is 0 Å². The third-order valence-electron chi connectivity index (χ3n) is 1.02. The molecule has 0 aliphatic heterocycles. The summed E-state index contributed by atoms with van der Waals surface area (Å²) in [5, 5.41) is 16.2. The van der Waals surface area contributed by atoms with Gasteiger partial charge in [-0.2, -0.15) is 0 Å². The summed E-state index contributed by atoms with van der Waals surface area (Å²) in [5.74, 6) is 0. The van der Waals surface area contributed by atoms with Crippen molar-refractivity contribution in [2.45, 2.75) is 26.7 Å². The average molecular weight is 172 g/mol. The van der Waals surface area contributed by atoms with Crippen LogP contribution in [0.1, 0.15) is 26.7 Å². The fourth-order valence-corrected chi connectivity index (χ4v) is 0.482. The highest BCUT2D eigenvalue weighted by Crippen LogP contribution is 1.75. The zero-order chi connectivity index (χ0) is 9.66. The first-order chi connectivity index (χ1) is 5.83. The summed E-state index contributed by atoms with van der Waals surface area (Å²) in [5.41, 5.74) is 0. The molecule has 0 bridgehead atoms. The van der Waals surface area contributed by atoms with Gasteiger partial charge in [-0.3, -0.25) is 0 Å². The first kappa shape index (κ1) is 14.0. The molecule has 0 rings (SSSR count). The smallest absolute Gasteiger partial charge is 0.0612 e. The second-order valence-corrected chi connectivity index (χ2v) is 2.12. The predicted molar refractivity (Wildman–Crippen MR) is 53.0 cm³/mol. The Kier molecular flexibility index (Phi) is 19.5. The Morgan fingerprint density at radius 3 is 1.17 bits per heavy atom. The number of rotatable bonds is 4. The minimum Gasteiger partial charge on any atom is -0.392 e. The van der Waals surface area contributed by atoms with Crippen molar-refractivity contribution in [3.8, 4) is 0 Å². The third kappa shape index (κ3) is 22.7. The van der Waals surface area contributed by atoms with Crippen molar-refractivity contribution in [2.75, 3.05) is 13.2 Å². The largest absolute Gasteiger partial charge is 0.392 e. The molecule has 0 aromatic heterocycles. The van der Waals surface area contributed by atoms with Gasteiger partial charge in [-0.05, 0) is 12.8 Å². The van der Waals surface area contributed by atoms with Crippen LogP contribution in [0.5, 0.6) is 0 Å². The molecule has 0 atom stereocenters. The van der Waals surface area contributed by atoms with Gasteiger partial charge in [0.25, 0.3) is 0 Å². The van der Waals surface area contributed by atoms with E-state index in [1.165, 1.54) is 0 Å². The van der Waals surface area contributed by atoms with Crippen LogP contribution >= 0.6 is 0 Å². The van der Waals surface area contributed by atoms with Crippen molar-refractivity contribution >= 4 is 0 Å². The number of hydrogen-bond acceptors (Lipinski definition) is 2.